The van der Waals surface area contributed by atoms with E-state index in [0.717, 1.165) is 25.1 Å². The van der Waals surface area contributed by atoms with E-state index in [1.807, 2.05) is 18.2 Å². The van der Waals surface area contributed by atoms with Crippen LogP contribution in [0.3, 0.4) is 0 Å². The number of benzene rings is 2. The summed E-state index contributed by atoms with van der Waals surface area (Å²) < 4.78 is 5.63. The fourth-order valence-corrected chi connectivity index (χ4v) is 2.90. The molecule has 0 bridgehead atoms. The molecule has 4 nitrogen and oxygen atoms in total. The molecule has 1 heterocycles. The molecule has 0 unspecified atom stereocenters. The van der Waals surface area contributed by atoms with Gasteiger partial charge in [0.15, 0.2) is 0 Å². The molecule has 132 valence electrons. The molecule has 0 fully saturated rings. The molecule has 0 radical (unpaired) electrons. The van der Waals surface area contributed by atoms with Gasteiger partial charge >= 0.3 is 0 Å². The third kappa shape index (κ3) is 4.84. The number of aromatic nitrogens is 1. The van der Waals surface area contributed by atoms with Gasteiger partial charge in [-0.1, -0.05) is 37.3 Å². The molecule has 1 atom stereocenters. The van der Waals surface area contributed by atoms with Crippen molar-refractivity contribution in [2.75, 3.05) is 19.7 Å². The van der Waals surface area contributed by atoms with Gasteiger partial charge in [-0.25, -0.2) is 0 Å². The van der Waals surface area contributed by atoms with Crippen LogP contribution in [0.25, 0.3) is 10.9 Å². The summed E-state index contributed by atoms with van der Waals surface area (Å²) in [6.45, 7) is 3.77. The standard InChI is InChI=1S/C21H26N2O2/c1-2-16-7-9-19(10-8-16)25-15-18(24)14-22-12-11-17-13-23-21-6-4-3-5-20(17)21/h3-10,13,18,22-24H,2,11-12,14-15H2,1H3/t18-/m1/s1. The highest BCUT2D eigenvalue weighted by molar-refractivity contribution is 5.83. The lowest BCUT2D eigenvalue weighted by molar-refractivity contribution is 0.106. The SMILES string of the molecule is CCc1ccc(OC[C@H](O)CNCCc2c[nH]c3ccccc23)cc1. The molecule has 0 spiro atoms. The molecule has 0 saturated heterocycles. The van der Waals surface area contributed by atoms with Crippen LogP contribution in [0.15, 0.2) is 54.7 Å². The third-order valence-corrected chi connectivity index (χ3v) is 4.40. The first-order chi connectivity index (χ1) is 12.3. The molecule has 0 aliphatic carbocycles. The van der Waals surface area contributed by atoms with Gasteiger partial charge in [-0.05, 0) is 48.7 Å². The number of H-pyrrole nitrogens is 1. The maximum atomic E-state index is 10.0. The fraction of sp³-hybridized carbons (Fsp3) is 0.333. The van der Waals surface area contributed by atoms with Gasteiger partial charge < -0.3 is 20.1 Å². The van der Waals surface area contributed by atoms with E-state index in [1.54, 1.807) is 0 Å². The second-order valence-corrected chi connectivity index (χ2v) is 6.28. The van der Waals surface area contributed by atoms with Gasteiger partial charge in [0.05, 0.1) is 0 Å². The molecule has 4 heteroatoms. The van der Waals surface area contributed by atoms with Gasteiger partial charge in [0, 0.05) is 23.6 Å². The number of aliphatic hydroxyl groups is 1. The van der Waals surface area contributed by atoms with E-state index in [-0.39, 0.29) is 0 Å². The summed E-state index contributed by atoms with van der Waals surface area (Å²) in [6, 6.07) is 16.3. The van der Waals surface area contributed by atoms with E-state index >= 15 is 0 Å². The summed E-state index contributed by atoms with van der Waals surface area (Å²) in [5.74, 6) is 0.801. The third-order valence-electron chi connectivity index (χ3n) is 4.40. The normalized spacial score (nSPS) is 12.4. The Hall–Kier alpha value is -2.30. The summed E-state index contributed by atoms with van der Waals surface area (Å²) in [5.41, 5.74) is 3.75. The summed E-state index contributed by atoms with van der Waals surface area (Å²) in [4.78, 5) is 3.29. The number of fused-ring (bicyclic) bond motifs is 1. The molecule has 25 heavy (non-hydrogen) atoms. The molecule has 0 aliphatic rings. The van der Waals surface area contributed by atoms with Crippen molar-refractivity contribution in [3.63, 3.8) is 0 Å². The van der Waals surface area contributed by atoms with E-state index in [2.05, 4.69) is 53.8 Å². The van der Waals surface area contributed by atoms with Crippen LogP contribution in [0, 0.1) is 0 Å². The number of aromatic amines is 1. The smallest absolute Gasteiger partial charge is 0.119 e. The van der Waals surface area contributed by atoms with Crippen molar-refractivity contribution in [1.29, 1.82) is 0 Å². The Kier molecular flexibility index (Phi) is 6.09. The second kappa shape index (κ2) is 8.70. The highest BCUT2D eigenvalue weighted by atomic mass is 16.5. The molecule has 3 aromatic rings. The number of ether oxygens (including phenoxy) is 1. The molecule has 0 aliphatic heterocycles. The zero-order valence-electron chi connectivity index (χ0n) is 14.7. The first kappa shape index (κ1) is 17.5. The fourth-order valence-electron chi connectivity index (χ4n) is 2.90. The average molecular weight is 338 g/mol. The van der Waals surface area contributed by atoms with Crippen LogP contribution in [-0.4, -0.2) is 35.9 Å². The summed E-state index contributed by atoms with van der Waals surface area (Å²) in [6.07, 6.45) is 3.49. The van der Waals surface area contributed by atoms with Gasteiger partial charge in [-0.2, -0.15) is 0 Å². The summed E-state index contributed by atoms with van der Waals surface area (Å²) in [5, 5.41) is 14.6. The van der Waals surface area contributed by atoms with Crippen molar-refractivity contribution >= 4 is 10.9 Å². The van der Waals surface area contributed by atoms with Crippen molar-refractivity contribution in [2.45, 2.75) is 25.9 Å². The minimum Gasteiger partial charge on any atom is -0.491 e. The van der Waals surface area contributed by atoms with E-state index in [0.29, 0.717) is 13.2 Å². The Balaban J connectivity index is 1.37. The van der Waals surface area contributed by atoms with E-state index < -0.39 is 6.10 Å². The van der Waals surface area contributed by atoms with Crippen LogP contribution in [-0.2, 0) is 12.8 Å². The van der Waals surface area contributed by atoms with Crippen LogP contribution in [0.2, 0.25) is 0 Å². The van der Waals surface area contributed by atoms with Crippen LogP contribution in [0.5, 0.6) is 5.75 Å². The monoisotopic (exact) mass is 338 g/mol. The number of para-hydroxylation sites is 1. The van der Waals surface area contributed by atoms with Crippen LogP contribution in [0.4, 0.5) is 0 Å². The number of aliphatic hydroxyl groups excluding tert-OH is 1. The van der Waals surface area contributed by atoms with Gasteiger partial charge in [-0.15, -0.1) is 0 Å². The molecular formula is C21H26N2O2. The average Bonchev–Trinajstić information content (AvgIpc) is 3.07. The topological polar surface area (TPSA) is 57.3 Å². The Labute approximate surface area is 148 Å². The number of hydrogen-bond acceptors (Lipinski definition) is 3. The van der Waals surface area contributed by atoms with Crippen LogP contribution >= 0.6 is 0 Å². The lowest BCUT2D eigenvalue weighted by Gasteiger charge is -2.13. The highest BCUT2D eigenvalue weighted by Gasteiger charge is 2.06. The summed E-state index contributed by atoms with van der Waals surface area (Å²) >= 11 is 0. The Bertz CT molecular complexity index is 780. The van der Waals surface area contributed by atoms with Crippen molar-refractivity contribution in [3.8, 4) is 5.75 Å². The number of aryl methyl sites for hydroxylation is 1. The van der Waals surface area contributed by atoms with Gasteiger partial charge in [0.1, 0.15) is 18.5 Å². The molecule has 3 rings (SSSR count). The zero-order valence-corrected chi connectivity index (χ0v) is 14.7. The van der Waals surface area contributed by atoms with Crippen molar-refractivity contribution in [3.05, 3.63) is 65.9 Å². The maximum absolute atomic E-state index is 10.0. The number of hydrogen-bond donors (Lipinski definition) is 3. The first-order valence-electron chi connectivity index (χ1n) is 8.91. The molecular weight excluding hydrogens is 312 g/mol. The molecule has 0 saturated carbocycles. The second-order valence-electron chi connectivity index (χ2n) is 6.28. The lowest BCUT2D eigenvalue weighted by atomic mass is 10.1. The van der Waals surface area contributed by atoms with E-state index in [1.165, 1.54) is 22.0 Å². The first-order valence-corrected chi connectivity index (χ1v) is 8.91. The van der Waals surface area contributed by atoms with E-state index in [4.69, 9.17) is 4.74 Å². The van der Waals surface area contributed by atoms with E-state index in [9.17, 15) is 5.11 Å². The summed E-state index contributed by atoms with van der Waals surface area (Å²) in [7, 11) is 0. The largest absolute Gasteiger partial charge is 0.491 e. The molecule has 1 aromatic heterocycles. The Morgan fingerprint density at radius 1 is 1.12 bits per heavy atom. The maximum Gasteiger partial charge on any atom is 0.119 e. The van der Waals surface area contributed by atoms with Crippen LogP contribution in [0.1, 0.15) is 18.1 Å². The Morgan fingerprint density at radius 3 is 2.72 bits per heavy atom. The highest BCUT2D eigenvalue weighted by Crippen LogP contribution is 2.17. The number of rotatable bonds is 9. The lowest BCUT2D eigenvalue weighted by Crippen LogP contribution is -2.32. The number of nitrogens with one attached hydrogen (secondary N) is 2. The molecule has 0 amide bonds. The predicted octanol–water partition coefficient (Wildman–Crippen LogP) is 3.30. The van der Waals surface area contributed by atoms with Gasteiger partial charge in [0.25, 0.3) is 0 Å². The minimum atomic E-state index is -0.520. The molecule has 3 N–H and O–H groups in total. The zero-order chi connectivity index (χ0) is 17.5. The van der Waals surface area contributed by atoms with Crippen molar-refractivity contribution in [1.82, 2.24) is 10.3 Å². The predicted molar refractivity (Wildman–Crippen MR) is 102 cm³/mol. The van der Waals surface area contributed by atoms with Crippen molar-refractivity contribution in [2.24, 2.45) is 0 Å². The minimum absolute atomic E-state index is 0.297. The Morgan fingerprint density at radius 2 is 1.92 bits per heavy atom. The van der Waals surface area contributed by atoms with Gasteiger partial charge in [0.2, 0.25) is 0 Å². The molecule has 2 aromatic carbocycles. The van der Waals surface area contributed by atoms with Crippen molar-refractivity contribution < 1.29 is 9.84 Å². The van der Waals surface area contributed by atoms with Gasteiger partial charge in [-0.3, -0.25) is 0 Å². The quantitative estimate of drug-likeness (QED) is 0.525. The van der Waals surface area contributed by atoms with Crippen LogP contribution < -0.4 is 10.1 Å².